The Morgan fingerprint density at radius 1 is 1.09 bits per heavy atom. The molecule has 0 radical (unpaired) electrons. The van der Waals surface area contributed by atoms with Crippen molar-refractivity contribution in [3.8, 4) is 11.4 Å². The molecule has 0 aliphatic heterocycles. The predicted molar refractivity (Wildman–Crippen MR) is 90.9 cm³/mol. The number of imidazole rings is 1. The number of aromatic nitrogens is 4. The van der Waals surface area contributed by atoms with E-state index in [-0.39, 0.29) is 10.7 Å². The summed E-state index contributed by atoms with van der Waals surface area (Å²) in [6.07, 6.45) is 1.69. The SMILES string of the molecule is Cc1cccn2c(=O)c(-c3nc4ccccc4n3C)c(Cl)nc12. The minimum atomic E-state index is -0.220. The monoisotopic (exact) mass is 324 g/mol. The topological polar surface area (TPSA) is 52.2 Å². The Labute approximate surface area is 136 Å². The lowest BCUT2D eigenvalue weighted by Gasteiger charge is -2.08. The van der Waals surface area contributed by atoms with Gasteiger partial charge in [-0.1, -0.05) is 29.8 Å². The van der Waals surface area contributed by atoms with Crippen LogP contribution in [0.25, 0.3) is 28.1 Å². The summed E-state index contributed by atoms with van der Waals surface area (Å²) in [5.41, 5.74) is 3.30. The zero-order chi connectivity index (χ0) is 16.1. The Hall–Kier alpha value is -2.66. The first-order valence-corrected chi connectivity index (χ1v) is 7.55. The molecule has 5 nitrogen and oxygen atoms in total. The van der Waals surface area contributed by atoms with Crippen molar-refractivity contribution in [3.05, 3.63) is 63.7 Å². The Morgan fingerprint density at radius 3 is 2.65 bits per heavy atom. The normalized spacial score (nSPS) is 11.4. The third kappa shape index (κ3) is 1.97. The molecule has 4 aromatic rings. The molecule has 0 bridgehead atoms. The summed E-state index contributed by atoms with van der Waals surface area (Å²) in [5.74, 6) is 0.518. The maximum absolute atomic E-state index is 12.9. The maximum atomic E-state index is 12.9. The number of hydrogen-bond acceptors (Lipinski definition) is 3. The van der Waals surface area contributed by atoms with E-state index in [0.717, 1.165) is 16.6 Å². The lowest BCUT2D eigenvalue weighted by Crippen LogP contribution is -2.19. The van der Waals surface area contributed by atoms with Crippen molar-refractivity contribution in [1.29, 1.82) is 0 Å². The second kappa shape index (κ2) is 4.93. The van der Waals surface area contributed by atoms with Crippen LogP contribution in [0.5, 0.6) is 0 Å². The molecule has 0 saturated carbocycles. The Bertz CT molecular complexity index is 1130. The zero-order valence-electron chi connectivity index (χ0n) is 12.6. The van der Waals surface area contributed by atoms with Gasteiger partial charge in [-0.25, -0.2) is 9.97 Å². The lowest BCUT2D eigenvalue weighted by atomic mass is 10.2. The molecule has 23 heavy (non-hydrogen) atoms. The van der Waals surface area contributed by atoms with E-state index < -0.39 is 0 Å². The fourth-order valence-corrected chi connectivity index (χ4v) is 3.07. The number of aryl methyl sites for hydroxylation is 2. The highest BCUT2D eigenvalue weighted by Crippen LogP contribution is 2.26. The van der Waals surface area contributed by atoms with E-state index in [9.17, 15) is 4.79 Å². The summed E-state index contributed by atoms with van der Waals surface area (Å²) in [6, 6.07) is 11.4. The van der Waals surface area contributed by atoms with E-state index in [0.29, 0.717) is 17.0 Å². The molecule has 6 heteroatoms. The summed E-state index contributed by atoms with van der Waals surface area (Å²) in [7, 11) is 1.87. The Balaban J connectivity index is 2.13. The summed E-state index contributed by atoms with van der Waals surface area (Å²) < 4.78 is 3.37. The highest BCUT2D eigenvalue weighted by molar-refractivity contribution is 6.32. The van der Waals surface area contributed by atoms with Gasteiger partial charge in [-0.3, -0.25) is 9.20 Å². The number of fused-ring (bicyclic) bond motifs is 2. The van der Waals surface area contributed by atoms with E-state index >= 15 is 0 Å². The molecule has 3 aromatic heterocycles. The molecule has 0 fully saturated rings. The van der Waals surface area contributed by atoms with E-state index in [2.05, 4.69) is 9.97 Å². The average Bonchev–Trinajstić information content (AvgIpc) is 2.86. The molecule has 0 N–H and O–H groups in total. The van der Waals surface area contributed by atoms with Gasteiger partial charge in [0.05, 0.1) is 11.0 Å². The van der Waals surface area contributed by atoms with Crippen molar-refractivity contribution in [3.63, 3.8) is 0 Å². The van der Waals surface area contributed by atoms with Crippen LogP contribution in [-0.4, -0.2) is 18.9 Å². The van der Waals surface area contributed by atoms with Crippen LogP contribution in [0.15, 0.2) is 47.4 Å². The van der Waals surface area contributed by atoms with Crippen molar-refractivity contribution >= 4 is 28.3 Å². The fourth-order valence-electron chi connectivity index (χ4n) is 2.83. The van der Waals surface area contributed by atoms with Gasteiger partial charge >= 0.3 is 0 Å². The predicted octanol–water partition coefficient (Wildman–Crippen LogP) is 3.21. The summed E-state index contributed by atoms with van der Waals surface area (Å²) in [5, 5.41) is 0.169. The third-order valence-electron chi connectivity index (χ3n) is 4.02. The van der Waals surface area contributed by atoms with E-state index in [1.165, 1.54) is 4.40 Å². The number of hydrogen-bond donors (Lipinski definition) is 0. The number of benzene rings is 1. The Morgan fingerprint density at radius 2 is 1.87 bits per heavy atom. The number of pyridine rings is 1. The van der Waals surface area contributed by atoms with E-state index in [1.54, 1.807) is 6.20 Å². The van der Waals surface area contributed by atoms with Gasteiger partial charge in [-0.05, 0) is 30.7 Å². The van der Waals surface area contributed by atoms with Crippen molar-refractivity contribution < 1.29 is 0 Å². The summed E-state index contributed by atoms with van der Waals surface area (Å²) >= 11 is 6.34. The average molecular weight is 325 g/mol. The fraction of sp³-hybridized carbons (Fsp3) is 0.118. The molecule has 0 saturated heterocycles. The first-order valence-electron chi connectivity index (χ1n) is 7.17. The molecule has 3 heterocycles. The van der Waals surface area contributed by atoms with Crippen molar-refractivity contribution in [2.75, 3.05) is 0 Å². The molecule has 114 valence electrons. The molecule has 0 atom stereocenters. The van der Waals surface area contributed by atoms with Crippen LogP contribution in [0.3, 0.4) is 0 Å². The van der Waals surface area contributed by atoms with Gasteiger partial charge in [-0.2, -0.15) is 0 Å². The van der Waals surface area contributed by atoms with Crippen molar-refractivity contribution in [2.24, 2.45) is 7.05 Å². The van der Waals surface area contributed by atoms with Gasteiger partial charge in [0.2, 0.25) is 0 Å². The standard InChI is InChI=1S/C17H13ClN4O/c1-10-6-5-9-22-15(10)20-14(18)13(17(22)23)16-19-11-7-3-4-8-12(11)21(16)2/h3-9H,1-2H3. The van der Waals surface area contributed by atoms with Gasteiger partial charge in [-0.15, -0.1) is 0 Å². The second-order valence-corrected chi connectivity index (χ2v) is 5.81. The lowest BCUT2D eigenvalue weighted by molar-refractivity contribution is 0.942. The highest BCUT2D eigenvalue weighted by Gasteiger charge is 2.19. The minimum Gasteiger partial charge on any atom is -0.327 e. The number of para-hydroxylation sites is 2. The minimum absolute atomic E-state index is 0.169. The van der Waals surface area contributed by atoms with E-state index in [4.69, 9.17) is 11.6 Å². The van der Waals surface area contributed by atoms with Crippen LogP contribution in [0, 0.1) is 6.92 Å². The molecule has 0 aliphatic rings. The maximum Gasteiger partial charge on any atom is 0.270 e. The largest absolute Gasteiger partial charge is 0.327 e. The van der Waals surface area contributed by atoms with Gasteiger partial charge in [0.15, 0.2) is 0 Å². The zero-order valence-corrected chi connectivity index (χ0v) is 13.4. The van der Waals surface area contributed by atoms with Crippen molar-refractivity contribution in [1.82, 2.24) is 18.9 Å². The van der Waals surface area contributed by atoms with Gasteiger partial charge in [0.25, 0.3) is 5.56 Å². The number of halogens is 1. The van der Waals surface area contributed by atoms with Gasteiger partial charge in [0.1, 0.15) is 22.2 Å². The summed E-state index contributed by atoms with van der Waals surface area (Å²) in [4.78, 5) is 21.9. The molecular weight excluding hydrogens is 312 g/mol. The van der Waals surface area contributed by atoms with Crippen LogP contribution in [-0.2, 0) is 7.05 Å². The Kier molecular flexibility index (Phi) is 2.99. The van der Waals surface area contributed by atoms with Gasteiger partial charge in [0, 0.05) is 13.2 Å². The molecule has 4 rings (SSSR count). The molecule has 0 aliphatic carbocycles. The second-order valence-electron chi connectivity index (χ2n) is 5.45. The number of rotatable bonds is 1. The first kappa shape index (κ1) is 14.0. The third-order valence-corrected chi connectivity index (χ3v) is 4.29. The van der Waals surface area contributed by atoms with Crippen LogP contribution in [0.4, 0.5) is 0 Å². The van der Waals surface area contributed by atoms with Crippen LogP contribution < -0.4 is 5.56 Å². The van der Waals surface area contributed by atoms with Gasteiger partial charge < -0.3 is 4.57 Å². The van der Waals surface area contributed by atoms with Crippen molar-refractivity contribution in [2.45, 2.75) is 6.92 Å². The molecular formula is C17H13ClN4O. The molecule has 0 spiro atoms. The quantitative estimate of drug-likeness (QED) is 0.505. The van der Waals surface area contributed by atoms with Crippen LogP contribution in [0.1, 0.15) is 5.56 Å². The molecule has 0 amide bonds. The molecule has 1 aromatic carbocycles. The number of nitrogens with zero attached hydrogens (tertiary/aromatic N) is 4. The highest BCUT2D eigenvalue weighted by atomic mass is 35.5. The smallest absolute Gasteiger partial charge is 0.270 e. The van der Waals surface area contributed by atoms with Crippen LogP contribution >= 0.6 is 11.6 Å². The van der Waals surface area contributed by atoms with Crippen LogP contribution in [0.2, 0.25) is 5.15 Å². The first-order chi connectivity index (χ1) is 11.1. The van der Waals surface area contributed by atoms with E-state index in [1.807, 2.05) is 54.9 Å². The molecule has 0 unspecified atom stereocenters. The summed E-state index contributed by atoms with van der Waals surface area (Å²) in [6.45, 7) is 1.90.